The third kappa shape index (κ3) is 3.54. The number of piperazine rings is 1. The van der Waals surface area contributed by atoms with Crippen molar-refractivity contribution in [2.45, 2.75) is 26.7 Å². The Hall–Kier alpha value is -1.03. The van der Waals surface area contributed by atoms with Crippen LogP contribution in [0.1, 0.15) is 26.7 Å². The van der Waals surface area contributed by atoms with Crippen LogP contribution in [0.25, 0.3) is 0 Å². The molecule has 1 aromatic carbocycles. The van der Waals surface area contributed by atoms with Gasteiger partial charge in [-0.15, -0.1) is 0 Å². The molecule has 0 atom stereocenters. The summed E-state index contributed by atoms with van der Waals surface area (Å²) in [5, 5.41) is 0. The highest BCUT2D eigenvalue weighted by Crippen LogP contribution is 2.21. The minimum Gasteiger partial charge on any atom is -0.368 e. The number of rotatable bonds is 4. The SMILES string of the molecule is CCC(CC)C(=O)N1CCN(c2ccc(Br)cc2)CC1. The first-order valence-electron chi connectivity index (χ1n) is 7.45. The van der Waals surface area contributed by atoms with Crippen molar-refractivity contribution < 1.29 is 4.79 Å². The van der Waals surface area contributed by atoms with Gasteiger partial charge in [0.05, 0.1) is 0 Å². The van der Waals surface area contributed by atoms with E-state index < -0.39 is 0 Å². The quantitative estimate of drug-likeness (QED) is 0.838. The van der Waals surface area contributed by atoms with E-state index in [1.165, 1.54) is 5.69 Å². The van der Waals surface area contributed by atoms with E-state index >= 15 is 0 Å². The third-order valence-corrected chi connectivity index (χ3v) is 4.65. The molecule has 20 heavy (non-hydrogen) atoms. The first kappa shape index (κ1) is 15.4. The fraction of sp³-hybridized carbons (Fsp3) is 0.562. The van der Waals surface area contributed by atoms with Gasteiger partial charge in [-0.25, -0.2) is 0 Å². The molecule has 0 aromatic heterocycles. The van der Waals surface area contributed by atoms with E-state index in [1.54, 1.807) is 0 Å². The smallest absolute Gasteiger partial charge is 0.225 e. The Labute approximate surface area is 130 Å². The van der Waals surface area contributed by atoms with Crippen molar-refractivity contribution in [2.75, 3.05) is 31.1 Å². The van der Waals surface area contributed by atoms with Crippen LogP contribution in [0.15, 0.2) is 28.7 Å². The van der Waals surface area contributed by atoms with Gasteiger partial charge in [0, 0.05) is 42.3 Å². The van der Waals surface area contributed by atoms with Gasteiger partial charge >= 0.3 is 0 Å². The largest absolute Gasteiger partial charge is 0.368 e. The molecule has 2 rings (SSSR count). The summed E-state index contributed by atoms with van der Waals surface area (Å²) in [6, 6.07) is 8.39. The summed E-state index contributed by atoms with van der Waals surface area (Å²) in [6.45, 7) is 7.73. The molecule has 1 saturated heterocycles. The van der Waals surface area contributed by atoms with Crippen LogP contribution in [-0.2, 0) is 4.79 Å². The number of amides is 1. The molecular formula is C16H23BrN2O. The number of halogens is 1. The van der Waals surface area contributed by atoms with Crippen LogP contribution in [0, 0.1) is 5.92 Å². The second-order valence-electron chi connectivity index (χ2n) is 5.30. The molecule has 110 valence electrons. The van der Waals surface area contributed by atoms with Crippen LogP contribution in [0.2, 0.25) is 0 Å². The van der Waals surface area contributed by atoms with Crippen molar-refractivity contribution >= 4 is 27.5 Å². The van der Waals surface area contributed by atoms with E-state index in [0.717, 1.165) is 43.5 Å². The van der Waals surface area contributed by atoms with Crippen LogP contribution in [-0.4, -0.2) is 37.0 Å². The molecule has 0 N–H and O–H groups in total. The molecule has 0 spiro atoms. The van der Waals surface area contributed by atoms with Crippen molar-refractivity contribution in [1.82, 2.24) is 4.90 Å². The van der Waals surface area contributed by atoms with E-state index in [4.69, 9.17) is 0 Å². The lowest BCUT2D eigenvalue weighted by atomic mass is 10.0. The lowest BCUT2D eigenvalue weighted by Crippen LogP contribution is -2.50. The highest BCUT2D eigenvalue weighted by Gasteiger charge is 2.25. The molecule has 1 aromatic rings. The van der Waals surface area contributed by atoms with Crippen molar-refractivity contribution in [3.05, 3.63) is 28.7 Å². The maximum Gasteiger partial charge on any atom is 0.225 e. The summed E-state index contributed by atoms with van der Waals surface area (Å²) in [5.74, 6) is 0.541. The monoisotopic (exact) mass is 338 g/mol. The molecule has 1 heterocycles. The number of benzene rings is 1. The molecule has 3 nitrogen and oxygen atoms in total. The highest BCUT2D eigenvalue weighted by atomic mass is 79.9. The molecule has 0 saturated carbocycles. The van der Waals surface area contributed by atoms with Crippen LogP contribution in [0.5, 0.6) is 0 Å². The maximum absolute atomic E-state index is 12.3. The Kier molecular flexibility index (Phi) is 5.46. The lowest BCUT2D eigenvalue weighted by Gasteiger charge is -2.37. The first-order chi connectivity index (χ1) is 9.65. The van der Waals surface area contributed by atoms with Crippen LogP contribution >= 0.6 is 15.9 Å². The summed E-state index contributed by atoms with van der Waals surface area (Å²) in [7, 11) is 0. The van der Waals surface area contributed by atoms with Gasteiger partial charge in [0.1, 0.15) is 0 Å². The van der Waals surface area contributed by atoms with Gasteiger partial charge < -0.3 is 9.80 Å². The third-order valence-electron chi connectivity index (χ3n) is 4.12. The molecule has 1 aliphatic heterocycles. The maximum atomic E-state index is 12.3. The van der Waals surface area contributed by atoms with Gasteiger partial charge in [-0.2, -0.15) is 0 Å². The van der Waals surface area contributed by atoms with Gasteiger partial charge in [-0.3, -0.25) is 4.79 Å². The summed E-state index contributed by atoms with van der Waals surface area (Å²) in [4.78, 5) is 16.7. The molecule has 0 unspecified atom stereocenters. The average Bonchev–Trinajstić information content (AvgIpc) is 2.49. The molecule has 0 radical (unpaired) electrons. The number of carbonyl (C=O) groups excluding carboxylic acids is 1. The van der Waals surface area contributed by atoms with Crippen LogP contribution < -0.4 is 4.90 Å². The van der Waals surface area contributed by atoms with Crippen LogP contribution in [0.4, 0.5) is 5.69 Å². The summed E-state index contributed by atoms with van der Waals surface area (Å²) in [5.41, 5.74) is 1.24. The highest BCUT2D eigenvalue weighted by molar-refractivity contribution is 9.10. The van der Waals surface area contributed by atoms with E-state index in [0.29, 0.717) is 5.91 Å². The summed E-state index contributed by atoms with van der Waals surface area (Å²) >= 11 is 3.46. The fourth-order valence-electron chi connectivity index (χ4n) is 2.73. The second-order valence-corrected chi connectivity index (χ2v) is 6.22. The van der Waals surface area contributed by atoms with Crippen molar-refractivity contribution in [2.24, 2.45) is 5.92 Å². The van der Waals surface area contributed by atoms with Gasteiger partial charge in [0.2, 0.25) is 5.91 Å². The van der Waals surface area contributed by atoms with Crippen molar-refractivity contribution in [3.63, 3.8) is 0 Å². The zero-order chi connectivity index (χ0) is 14.5. The number of hydrogen-bond donors (Lipinski definition) is 0. The second kappa shape index (κ2) is 7.11. The molecule has 0 bridgehead atoms. The first-order valence-corrected chi connectivity index (χ1v) is 8.24. The standard InChI is InChI=1S/C16H23BrN2O/c1-3-13(4-2)16(20)19-11-9-18(10-12-19)15-7-5-14(17)6-8-15/h5-8,13H,3-4,9-12H2,1-2H3. The molecule has 4 heteroatoms. The average molecular weight is 339 g/mol. The Morgan fingerprint density at radius 2 is 1.65 bits per heavy atom. The number of hydrogen-bond acceptors (Lipinski definition) is 2. The van der Waals surface area contributed by atoms with Gasteiger partial charge in [0.15, 0.2) is 0 Å². The molecule has 1 amide bonds. The lowest BCUT2D eigenvalue weighted by molar-refractivity contribution is -0.136. The zero-order valence-corrected chi connectivity index (χ0v) is 13.9. The number of carbonyl (C=O) groups is 1. The van der Waals surface area contributed by atoms with Crippen molar-refractivity contribution in [1.29, 1.82) is 0 Å². The number of nitrogens with zero attached hydrogens (tertiary/aromatic N) is 2. The summed E-state index contributed by atoms with van der Waals surface area (Å²) < 4.78 is 1.10. The predicted octanol–water partition coefficient (Wildman–Crippen LogP) is 3.53. The number of anilines is 1. The van der Waals surface area contributed by atoms with E-state index in [1.807, 2.05) is 4.90 Å². The topological polar surface area (TPSA) is 23.6 Å². The van der Waals surface area contributed by atoms with Gasteiger partial charge in [-0.1, -0.05) is 29.8 Å². The Balaban J connectivity index is 1.92. The molecular weight excluding hydrogens is 316 g/mol. The minimum absolute atomic E-state index is 0.203. The Bertz CT molecular complexity index is 434. The van der Waals surface area contributed by atoms with E-state index in [2.05, 4.69) is 58.9 Å². The minimum atomic E-state index is 0.203. The Morgan fingerprint density at radius 1 is 1.10 bits per heavy atom. The van der Waals surface area contributed by atoms with Crippen molar-refractivity contribution in [3.8, 4) is 0 Å². The molecule has 0 aliphatic carbocycles. The fourth-order valence-corrected chi connectivity index (χ4v) is 3.00. The normalized spacial score (nSPS) is 15.8. The Morgan fingerprint density at radius 3 is 2.15 bits per heavy atom. The zero-order valence-electron chi connectivity index (χ0n) is 12.3. The van der Waals surface area contributed by atoms with Crippen LogP contribution in [0.3, 0.4) is 0 Å². The molecule has 1 fully saturated rings. The summed E-state index contributed by atoms with van der Waals surface area (Å²) in [6.07, 6.45) is 1.89. The van der Waals surface area contributed by atoms with Gasteiger partial charge in [-0.05, 0) is 37.1 Å². The predicted molar refractivity (Wildman–Crippen MR) is 87.0 cm³/mol. The van der Waals surface area contributed by atoms with E-state index in [9.17, 15) is 4.79 Å². The van der Waals surface area contributed by atoms with Gasteiger partial charge in [0.25, 0.3) is 0 Å². The van der Waals surface area contributed by atoms with E-state index in [-0.39, 0.29) is 5.92 Å². The molecule has 1 aliphatic rings.